The number of hydrogen-bond donors (Lipinski definition) is 1. The Bertz CT molecular complexity index is 903. The molecule has 0 bridgehead atoms. The Kier molecular flexibility index (Phi) is 6.17. The number of rotatable bonds is 6. The van der Waals surface area contributed by atoms with E-state index in [1.165, 1.54) is 0 Å². The van der Waals surface area contributed by atoms with Crippen LogP contribution in [0.2, 0.25) is 0 Å². The van der Waals surface area contributed by atoms with Crippen molar-refractivity contribution in [2.45, 2.75) is 19.4 Å². The van der Waals surface area contributed by atoms with Crippen LogP contribution in [0.25, 0.3) is 0 Å². The highest BCUT2D eigenvalue weighted by Gasteiger charge is 2.25. The fraction of sp³-hybridized carbons (Fsp3) is 0.174. The minimum atomic E-state index is -0.316. The number of aromatic nitrogens is 1. The van der Waals surface area contributed by atoms with E-state index in [-0.39, 0.29) is 17.9 Å². The van der Waals surface area contributed by atoms with Crippen LogP contribution in [-0.4, -0.2) is 28.7 Å². The van der Waals surface area contributed by atoms with Gasteiger partial charge >= 0.3 is 0 Å². The van der Waals surface area contributed by atoms with Gasteiger partial charge in [0, 0.05) is 30.9 Å². The summed E-state index contributed by atoms with van der Waals surface area (Å²) in [5.41, 5.74) is 2.89. The molecule has 1 unspecified atom stereocenters. The van der Waals surface area contributed by atoms with Gasteiger partial charge in [0.1, 0.15) is 0 Å². The molecule has 0 fully saturated rings. The van der Waals surface area contributed by atoms with Gasteiger partial charge in [-0.1, -0.05) is 49.4 Å². The van der Waals surface area contributed by atoms with Gasteiger partial charge in [0.25, 0.3) is 5.91 Å². The Hall–Kier alpha value is -3.47. The third kappa shape index (κ3) is 4.43. The number of hydrogen-bond acceptors (Lipinski definition) is 3. The summed E-state index contributed by atoms with van der Waals surface area (Å²) in [5, 5.41) is 2.80. The topological polar surface area (TPSA) is 62.3 Å². The Balaban J connectivity index is 1.93. The van der Waals surface area contributed by atoms with E-state index in [0.29, 0.717) is 17.7 Å². The first-order chi connectivity index (χ1) is 13.6. The maximum Gasteiger partial charge on any atom is 0.254 e. The molecular formula is C23H23N3O2. The average molecular weight is 373 g/mol. The molecule has 3 rings (SSSR count). The molecule has 0 spiro atoms. The highest BCUT2D eigenvalue weighted by molar-refractivity contribution is 5.97. The number of amides is 2. The summed E-state index contributed by atoms with van der Waals surface area (Å²) in [4.78, 5) is 31.0. The lowest BCUT2D eigenvalue weighted by molar-refractivity contribution is -0.115. The molecule has 28 heavy (non-hydrogen) atoms. The first-order valence-corrected chi connectivity index (χ1v) is 9.23. The number of pyridine rings is 1. The molecule has 2 amide bonds. The Morgan fingerprint density at radius 1 is 1.00 bits per heavy atom. The molecule has 5 heteroatoms. The van der Waals surface area contributed by atoms with E-state index in [4.69, 9.17) is 0 Å². The number of anilines is 1. The van der Waals surface area contributed by atoms with Crippen LogP contribution in [0.3, 0.4) is 0 Å². The quantitative estimate of drug-likeness (QED) is 0.701. The van der Waals surface area contributed by atoms with Crippen molar-refractivity contribution < 1.29 is 9.59 Å². The van der Waals surface area contributed by atoms with Crippen molar-refractivity contribution in [2.75, 3.05) is 12.4 Å². The first kappa shape index (κ1) is 19.3. The number of carbonyl (C=O) groups excluding carboxylic acids is 2. The maximum atomic E-state index is 13.2. The smallest absolute Gasteiger partial charge is 0.254 e. The van der Waals surface area contributed by atoms with Gasteiger partial charge in [0.05, 0.1) is 11.7 Å². The lowest BCUT2D eigenvalue weighted by atomic mass is 10.0. The van der Waals surface area contributed by atoms with Gasteiger partial charge in [0.15, 0.2) is 0 Å². The van der Waals surface area contributed by atoms with Gasteiger partial charge in [-0.2, -0.15) is 0 Å². The van der Waals surface area contributed by atoms with Crippen LogP contribution in [-0.2, 0) is 4.79 Å². The van der Waals surface area contributed by atoms with Gasteiger partial charge in [0.2, 0.25) is 5.91 Å². The summed E-state index contributed by atoms with van der Waals surface area (Å²) in [6, 6.07) is 22.2. The van der Waals surface area contributed by atoms with Gasteiger partial charge in [-0.15, -0.1) is 0 Å². The highest BCUT2D eigenvalue weighted by Crippen LogP contribution is 2.27. The maximum absolute atomic E-state index is 13.2. The minimum Gasteiger partial charge on any atom is -0.329 e. The van der Waals surface area contributed by atoms with Crippen LogP contribution >= 0.6 is 0 Å². The van der Waals surface area contributed by atoms with Crippen LogP contribution in [0.1, 0.15) is 41.0 Å². The van der Waals surface area contributed by atoms with Crippen LogP contribution in [0.15, 0.2) is 79.0 Å². The van der Waals surface area contributed by atoms with Gasteiger partial charge in [-0.3, -0.25) is 14.6 Å². The van der Waals surface area contributed by atoms with Crippen molar-refractivity contribution in [1.29, 1.82) is 0 Å². The van der Waals surface area contributed by atoms with E-state index < -0.39 is 0 Å². The second kappa shape index (κ2) is 8.95. The van der Waals surface area contributed by atoms with Crippen LogP contribution in [0.5, 0.6) is 0 Å². The number of nitrogens with zero attached hydrogens (tertiary/aromatic N) is 2. The molecule has 0 radical (unpaired) electrons. The minimum absolute atomic E-state index is 0.0893. The molecule has 0 saturated carbocycles. The summed E-state index contributed by atoms with van der Waals surface area (Å²) in [6.45, 7) is 1.79. The SMILES string of the molecule is CCC(=O)Nc1cccc(C(=O)N(C)C(c2ccccc2)c2ccccn2)c1. The van der Waals surface area contributed by atoms with Crippen LogP contribution in [0.4, 0.5) is 5.69 Å². The van der Waals surface area contributed by atoms with E-state index in [9.17, 15) is 9.59 Å². The lowest BCUT2D eigenvalue weighted by Gasteiger charge is -2.28. The third-order valence-electron chi connectivity index (χ3n) is 4.51. The standard InChI is InChI=1S/C23H23N3O2/c1-3-21(27)25-19-13-9-12-18(16-19)23(28)26(2)22(17-10-5-4-6-11-17)20-14-7-8-15-24-20/h4-16,22H,3H2,1-2H3,(H,25,27). The van der Waals surface area contributed by atoms with Crippen molar-refractivity contribution in [1.82, 2.24) is 9.88 Å². The summed E-state index contributed by atoms with van der Waals surface area (Å²) in [6.07, 6.45) is 2.11. The van der Waals surface area contributed by atoms with Crippen molar-refractivity contribution >= 4 is 17.5 Å². The Morgan fingerprint density at radius 3 is 2.43 bits per heavy atom. The molecule has 2 aromatic carbocycles. The molecule has 0 aliphatic rings. The van der Waals surface area contributed by atoms with Crippen LogP contribution < -0.4 is 5.32 Å². The second-order valence-corrected chi connectivity index (χ2v) is 6.47. The van der Waals surface area contributed by atoms with Gasteiger partial charge < -0.3 is 10.2 Å². The Labute approximate surface area is 165 Å². The molecular weight excluding hydrogens is 350 g/mol. The van der Waals surface area contributed by atoms with E-state index in [1.807, 2.05) is 48.5 Å². The number of benzene rings is 2. The fourth-order valence-electron chi connectivity index (χ4n) is 3.07. The molecule has 5 nitrogen and oxygen atoms in total. The molecule has 1 atom stereocenters. The van der Waals surface area contributed by atoms with Crippen LogP contribution in [0, 0.1) is 0 Å². The van der Waals surface area contributed by atoms with Crippen molar-refractivity contribution in [3.63, 3.8) is 0 Å². The zero-order valence-corrected chi connectivity index (χ0v) is 16.0. The predicted octanol–water partition coefficient (Wildman–Crippen LogP) is 4.29. The highest BCUT2D eigenvalue weighted by atomic mass is 16.2. The Morgan fingerprint density at radius 2 is 1.75 bits per heavy atom. The number of carbonyl (C=O) groups is 2. The summed E-state index contributed by atoms with van der Waals surface area (Å²) in [7, 11) is 1.77. The zero-order valence-electron chi connectivity index (χ0n) is 16.0. The lowest BCUT2D eigenvalue weighted by Crippen LogP contribution is -2.32. The molecule has 142 valence electrons. The van der Waals surface area contributed by atoms with E-state index in [1.54, 1.807) is 49.3 Å². The van der Waals surface area contributed by atoms with Crippen molar-refractivity contribution in [2.24, 2.45) is 0 Å². The number of nitrogens with one attached hydrogen (secondary N) is 1. The van der Waals surface area contributed by atoms with Crippen molar-refractivity contribution in [3.05, 3.63) is 95.8 Å². The molecule has 1 aromatic heterocycles. The van der Waals surface area contributed by atoms with E-state index in [0.717, 1.165) is 11.3 Å². The normalized spacial score (nSPS) is 11.5. The summed E-state index contributed by atoms with van der Waals surface area (Å²) >= 11 is 0. The van der Waals surface area contributed by atoms with Gasteiger partial charge in [-0.25, -0.2) is 0 Å². The molecule has 0 aliphatic heterocycles. The molecule has 1 heterocycles. The molecule has 3 aromatic rings. The largest absolute Gasteiger partial charge is 0.329 e. The second-order valence-electron chi connectivity index (χ2n) is 6.47. The third-order valence-corrected chi connectivity index (χ3v) is 4.51. The van der Waals surface area contributed by atoms with Gasteiger partial charge in [-0.05, 0) is 35.9 Å². The summed E-state index contributed by atoms with van der Waals surface area (Å²) in [5.74, 6) is -0.235. The van der Waals surface area contributed by atoms with E-state index in [2.05, 4.69) is 10.3 Å². The predicted molar refractivity (Wildman–Crippen MR) is 110 cm³/mol. The monoisotopic (exact) mass is 373 g/mol. The average Bonchev–Trinajstić information content (AvgIpc) is 2.75. The fourth-order valence-corrected chi connectivity index (χ4v) is 3.07. The summed E-state index contributed by atoms with van der Waals surface area (Å²) < 4.78 is 0. The molecule has 1 N–H and O–H groups in total. The van der Waals surface area contributed by atoms with Crippen molar-refractivity contribution in [3.8, 4) is 0 Å². The zero-order chi connectivity index (χ0) is 19.9. The van der Waals surface area contributed by atoms with E-state index >= 15 is 0 Å². The molecule has 0 saturated heterocycles. The molecule has 0 aliphatic carbocycles. The first-order valence-electron chi connectivity index (χ1n) is 9.23.